The van der Waals surface area contributed by atoms with Crippen LogP contribution in [0, 0.1) is 0 Å². The molecule has 14 heavy (non-hydrogen) atoms. The van der Waals surface area contributed by atoms with Gasteiger partial charge in [0.2, 0.25) is 0 Å². The smallest absolute Gasteiger partial charge is 0.0133 e. The van der Waals surface area contributed by atoms with Crippen LogP contribution in [0.25, 0.3) is 0 Å². The standard InChI is InChI=1S/2C7H10/c2*1-6-4-3-5-7(6)2/h2*3-4H,5H2,1-2H3. The summed E-state index contributed by atoms with van der Waals surface area (Å²) < 4.78 is 0. The van der Waals surface area contributed by atoms with Crippen molar-refractivity contribution in [3.05, 3.63) is 46.6 Å². The first-order valence-corrected chi connectivity index (χ1v) is 5.27. The Morgan fingerprint density at radius 2 is 1.07 bits per heavy atom. The largest absolute Gasteiger partial charge is 0.0802 e. The Bertz CT molecular complexity index is 288. The molecule has 2 rings (SSSR count). The van der Waals surface area contributed by atoms with Crippen LogP contribution < -0.4 is 0 Å². The van der Waals surface area contributed by atoms with Crippen molar-refractivity contribution in [2.75, 3.05) is 0 Å². The lowest BCUT2D eigenvalue weighted by Gasteiger charge is -1.87. The summed E-state index contributed by atoms with van der Waals surface area (Å²) in [6.45, 7) is 8.66. The molecule has 0 unspecified atom stereocenters. The fraction of sp³-hybridized carbons (Fsp3) is 0.429. The molecule has 0 nitrogen and oxygen atoms in total. The molecule has 0 fully saturated rings. The summed E-state index contributed by atoms with van der Waals surface area (Å²) in [6, 6.07) is 0. The van der Waals surface area contributed by atoms with E-state index in [1.165, 1.54) is 35.1 Å². The van der Waals surface area contributed by atoms with E-state index in [4.69, 9.17) is 0 Å². The highest BCUT2D eigenvalue weighted by molar-refractivity contribution is 5.30. The summed E-state index contributed by atoms with van der Waals surface area (Å²) in [6.07, 6.45) is 11.1. The Kier molecular flexibility index (Phi) is 3.94. The van der Waals surface area contributed by atoms with E-state index in [-0.39, 0.29) is 0 Å². The summed E-state index contributed by atoms with van der Waals surface area (Å²) in [5, 5.41) is 0. The Morgan fingerprint density at radius 3 is 1.14 bits per heavy atom. The number of hydrogen-bond acceptors (Lipinski definition) is 0. The summed E-state index contributed by atoms with van der Waals surface area (Å²) in [5.41, 5.74) is 5.92. The van der Waals surface area contributed by atoms with E-state index in [1.54, 1.807) is 0 Å². The van der Waals surface area contributed by atoms with Crippen LogP contribution in [0.1, 0.15) is 40.5 Å². The minimum Gasteiger partial charge on any atom is -0.0802 e. The molecule has 0 bridgehead atoms. The summed E-state index contributed by atoms with van der Waals surface area (Å²) in [7, 11) is 0. The van der Waals surface area contributed by atoms with Gasteiger partial charge in [0.1, 0.15) is 0 Å². The molecule has 0 heteroatoms. The van der Waals surface area contributed by atoms with E-state index >= 15 is 0 Å². The van der Waals surface area contributed by atoms with Crippen LogP contribution in [0.5, 0.6) is 0 Å². The molecule has 0 spiro atoms. The van der Waals surface area contributed by atoms with Crippen LogP contribution in [0.2, 0.25) is 0 Å². The van der Waals surface area contributed by atoms with Crippen molar-refractivity contribution in [3.63, 3.8) is 0 Å². The highest BCUT2D eigenvalue weighted by atomic mass is 14.0. The van der Waals surface area contributed by atoms with Gasteiger partial charge >= 0.3 is 0 Å². The van der Waals surface area contributed by atoms with Crippen molar-refractivity contribution in [1.82, 2.24) is 0 Å². The average molecular weight is 188 g/mol. The molecule has 0 aromatic carbocycles. The number of hydrogen-bond donors (Lipinski definition) is 0. The van der Waals surface area contributed by atoms with Gasteiger partial charge in [-0.05, 0) is 40.5 Å². The molecule has 0 amide bonds. The van der Waals surface area contributed by atoms with Gasteiger partial charge in [-0.25, -0.2) is 0 Å². The fourth-order valence-electron chi connectivity index (χ4n) is 1.43. The maximum absolute atomic E-state index is 2.20. The number of rotatable bonds is 0. The van der Waals surface area contributed by atoms with Gasteiger partial charge in [-0.1, -0.05) is 46.6 Å². The normalized spacial score (nSPS) is 19.1. The van der Waals surface area contributed by atoms with Crippen molar-refractivity contribution < 1.29 is 0 Å². The lowest BCUT2D eigenvalue weighted by Crippen LogP contribution is -1.67. The van der Waals surface area contributed by atoms with Crippen LogP contribution in [0.4, 0.5) is 0 Å². The quantitative estimate of drug-likeness (QED) is 0.522. The van der Waals surface area contributed by atoms with Crippen LogP contribution in [0.15, 0.2) is 46.6 Å². The number of allylic oxidation sites excluding steroid dienone is 8. The van der Waals surface area contributed by atoms with Gasteiger partial charge in [-0.3, -0.25) is 0 Å². The first-order valence-electron chi connectivity index (χ1n) is 5.27. The predicted molar refractivity (Wildman–Crippen MR) is 64.3 cm³/mol. The minimum atomic E-state index is 1.17. The van der Waals surface area contributed by atoms with Gasteiger partial charge in [-0.15, -0.1) is 0 Å². The highest BCUT2D eigenvalue weighted by Gasteiger charge is 1.96. The molecule has 2 aliphatic rings. The van der Waals surface area contributed by atoms with Gasteiger partial charge < -0.3 is 0 Å². The van der Waals surface area contributed by atoms with E-state index in [0.717, 1.165) is 0 Å². The molecule has 0 atom stereocenters. The molecule has 0 saturated carbocycles. The third-order valence-corrected chi connectivity index (χ3v) is 2.93. The molecule has 0 saturated heterocycles. The van der Waals surface area contributed by atoms with E-state index in [2.05, 4.69) is 52.0 Å². The second-order valence-corrected chi connectivity index (χ2v) is 4.14. The second-order valence-electron chi connectivity index (χ2n) is 4.14. The molecular formula is C14H20. The Hall–Kier alpha value is -1.04. The lowest BCUT2D eigenvalue weighted by molar-refractivity contribution is 1.22. The van der Waals surface area contributed by atoms with Crippen molar-refractivity contribution in [2.24, 2.45) is 0 Å². The van der Waals surface area contributed by atoms with E-state index in [1.807, 2.05) is 0 Å². The first kappa shape index (κ1) is 11.0. The van der Waals surface area contributed by atoms with Crippen molar-refractivity contribution in [1.29, 1.82) is 0 Å². The lowest BCUT2D eigenvalue weighted by atomic mass is 10.2. The molecule has 0 aromatic rings. The Balaban J connectivity index is 0.000000140. The predicted octanol–water partition coefficient (Wildman–Crippen LogP) is 4.57. The summed E-state index contributed by atoms with van der Waals surface area (Å²) in [5.74, 6) is 0. The van der Waals surface area contributed by atoms with Crippen LogP contribution in [-0.2, 0) is 0 Å². The van der Waals surface area contributed by atoms with Crippen LogP contribution in [0.3, 0.4) is 0 Å². The SMILES string of the molecule is CC1=C(C)CC=C1.CC1=C(C)CC=C1. The molecule has 0 aromatic heterocycles. The third-order valence-electron chi connectivity index (χ3n) is 2.93. The highest BCUT2D eigenvalue weighted by Crippen LogP contribution is 2.16. The fourth-order valence-corrected chi connectivity index (χ4v) is 1.43. The zero-order valence-electron chi connectivity index (χ0n) is 9.72. The summed E-state index contributed by atoms with van der Waals surface area (Å²) in [4.78, 5) is 0. The zero-order valence-corrected chi connectivity index (χ0v) is 9.72. The van der Waals surface area contributed by atoms with E-state index < -0.39 is 0 Å². The van der Waals surface area contributed by atoms with Gasteiger partial charge in [0.05, 0.1) is 0 Å². The molecule has 0 heterocycles. The van der Waals surface area contributed by atoms with Gasteiger partial charge in [-0.2, -0.15) is 0 Å². The van der Waals surface area contributed by atoms with E-state index in [9.17, 15) is 0 Å². The van der Waals surface area contributed by atoms with Crippen molar-refractivity contribution in [3.8, 4) is 0 Å². The molecule has 0 radical (unpaired) electrons. The third kappa shape index (κ3) is 3.02. The van der Waals surface area contributed by atoms with Gasteiger partial charge in [0, 0.05) is 0 Å². The summed E-state index contributed by atoms with van der Waals surface area (Å²) >= 11 is 0. The molecule has 0 N–H and O–H groups in total. The van der Waals surface area contributed by atoms with Crippen LogP contribution in [-0.4, -0.2) is 0 Å². The molecule has 2 aliphatic carbocycles. The maximum atomic E-state index is 2.20. The first-order chi connectivity index (χ1) is 6.61. The maximum Gasteiger partial charge on any atom is -0.0133 e. The molecule has 76 valence electrons. The molecular weight excluding hydrogens is 168 g/mol. The molecule has 0 aliphatic heterocycles. The minimum absolute atomic E-state index is 1.17. The van der Waals surface area contributed by atoms with Crippen molar-refractivity contribution >= 4 is 0 Å². The zero-order chi connectivity index (χ0) is 10.6. The Morgan fingerprint density at radius 1 is 0.714 bits per heavy atom. The van der Waals surface area contributed by atoms with Gasteiger partial charge in [0.15, 0.2) is 0 Å². The Labute approximate surface area is 87.7 Å². The van der Waals surface area contributed by atoms with Gasteiger partial charge in [0.25, 0.3) is 0 Å². The topological polar surface area (TPSA) is 0 Å². The van der Waals surface area contributed by atoms with Crippen molar-refractivity contribution in [2.45, 2.75) is 40.5 Å². The van der Waals surface area contributed by atoms with Crippen LogP contribution >= 0.6 is 0 Å². The second kappa shape index (κ2) is 4.99. The average Bonchev–Trinajstić information content (AvgIpc) is 2.67. The van der Waals surface area contributed by atoms with E-state index in [0.29, 0.717) is 0 Å². The monoisotopic (exact) mass is 188 g/mol.